The Labute approximate surface area is 155 Å². The van der Waals surface area contributed by atoms with Crippen LogP contribution in [-0.4, -0.2) is 30.4 Å². The van der Waals surface area contributed by atoms with Gasteiger partial charge in [-0.3, -0.25) is 9.69 Å². The van der Waals surface area contributed by atoms with Gasteiger partial charge in [0.25, 0.3) is 0 Å². The zero-order valence-corrected chi connectivity index (χ0v) is 16.0. The summed E-state index contributed by atoms with van der Waals surface area (Å²) in [6.45, 7) is 8.11. The zero-order chi connectivity index (χ0) is 17.7. The van der Waals surface area contributed by atoms with Crippen LogP contribution < -0.4 is 5.32 Å². The summed E-state index contributed by atoms with van der Waals surface area (Å²) in [6.07, 6.45) is 2.33. The van der Waals surface area contributed by atoms with Crippen LogP contribution in [0, 0.1) is 5.92 Å². The van der Waals surface area contributed by atoms with E-state index in [-0.39, 0.29) is 5.91 Å². The molecule has 3 rings (SSSR count). The number of nitrogens with zero attached hydrogens (tertiary/aromatic N) is 1. The lowest BCUT2D eigenvalue weighted by Crippen LogP contribution is -2.44. The molecule has 3 nitrogen and oxygen atoms in total. The van der Waals surface area contributed by atoms with E-state index >= 15 is 0 Å². The fourth-order valence-electron chi connectivity index (χ4n) is 3.42. The second-order valence-electron chi connectivity index (χ2n) is 7.50. The van der Waals surface area contributed by atoms with Crippen LogP contribution in [0.25, 0.3) is 0 Å². The minimum Gasteiger partial charge on any atom is -0.355 e. The van der Waals surface area contributed by atoms with Gasteiger partial charge < -0.3 is 5.32 Å². The van der Waals surface area contributed by atoms with Crippen LogP contribution in [0.2, 0.25) is 0 Å². The summed E-state index contributed by atoms with van der Waals surface area (Å²) in [5.41, 5.74) is 0.583. The van der Waals surface area contributed by atoms with Crippen molar-refractivity contribution in [3.63, 3.8) is 0 Å². The quantitative estimate of drug-likeness (QED) is 0.847. The Morgan fingerprint density at radius 2 is 1.88 bits per heavy atom. The number of amides is 1. The molecule has 2 heterocycles. The maximum Gasteiger partial charge on any atom is 0.230 e. The highest BCUT2D eigenvalue weighted by molar-refractivity contribution is 7.09. The second-order valence-corrected chi connectivity index (χ2v) is 8.53. The van der Waals surface area contributed by atoms with Gasteiger partial charge >= 0.3 is 0 Å². The van der Waals surface area contributed by atoms with Crippen LogP contribution in [0.1, 0.15) is 37.1 Å². The number of carbonyl (C=O) groups is 1. The van der Waals surface area contributed by atoms with Crippen molar-refractivity contribution in [3.8, 4) is 0 Å². The lowest BCUT2D eigenvalue weighted by atomic mass is 9.83. The molecular weight excluding hydrogens is 328 g/mol. The Balaban J connectivity index is 1.44. The van der Waals surface area contributed by atoms with Crippen LogP contribution in [0.3, 0.4) is 0 Å². The summed E-state index contributed by atoms with van der Waals surface area (Å²) in [4.78, 5) is 16.6. The standard InChI is InChI=1S/C21H28N2OS/c1-21(2,18-7-4-3-5-8-18)20(24)22-15-17-10-12-23(13-11-17)16-19-9-6-14-25-19/h3-9,14,17H,10-13,15-16H2,1-2H3,(H,22,24). The first kappa shape index (κ1) is 18.2. The number of rotatable bonds is 6. The van der Waals surface area contributed by atoms with E-state index in [0.717, 1.165) is 44.6 Å². The van der Waals surface area contributed by atoms with Gasteiger partial charge in [0.2, 0.25) is 5.91 Å². The first-order valence-corrected chi connectivity index (χ1v) is 10.0. The maximum absolute atomic E-state index is 12.7. The molecule has 4 heteroatoms. The van der Waals surface area contributed by atoms with E-state index in [1.807, 2.05) is 55.5 Å². The highest BCUT2D eigenvalue weighted by Crippen LogP contribution is 2.24. The highest BCUT2D eigenvalue weighted by Gasteiger charge is 2.30. The van der Waals surface area contributed by atoms with E-state index in [1.54, 1.807) is 0 Å². The van der Waals surface area contributed by atoms with Gasteiger partial charge in [0, 0.05) is 18.0 Å². The van der Waals surface area contributed by atoms with Gasteiger partial charge in [0.15, 0.2) is 0 Å². The summed E-state index contributed by atoms with van der Waals surface area (Å²) >= 11 is 1.83. The van der Waals surface area contributed by atoms with Crippen molar-refractivity contribution in [2.75, 3.05) is 19.6 Å². The van der Waals surface area contributed by atoms with Crippen LogP contribution in [0.15, 0.2) is 47.8 Å². The molecule has 1 aliphatic rings. The van der Waals surface area contributed by atoms with Crippen LogP contribution >= 0.6 is 11.3 Å². The molecule has 1 amide bonds. The lowest BCUT2D eigenvalue weighted by molar-refractivity contribution is -0.125. The van der Waals surface area contributed by atoms with E-state index in [4.69, 9.17) is 0 Å². The van der Waals surface area contributed by atoms with Crippen molar-refractivity contribution in [2.45, 2.75) is 38.6 Å². The van der Waals surface area contributed by atoms with Gasteiger partial charge in [-0.25, -0.2) is 0 Å². The Hall–Kier alpha value is -1.65. The molecule has 1 aliphatic heterocycles. The predicted octanol–water partition coefficient (Wildman–Crippen LogP) is 4.05. The summed E-state index contributed by atoms with van der Waals surface area (Å²) in [5, 5.41) is 5.34. The van der Waals surface area contributed by atoms with E-state index in [2.05, 4.69) is 27.7 Å². The highest BCUT2D eigenvalue weighted by atomic mass is 32.1. The van der Waals surface area contributed by atoms with Gasteiger partial charge in [0.05, 0.1) is 5.41 Å². The molecule has 0 bridgehead atoms. The second kappa shape index (κ2) is 8.15. The Kier molecular flexibility index (Phi) is 5.92. The molecule has 1 saturated heterocycles. The number of nitrogens with one attached hydrogen (secondary N) is 1. The fraction of sp³-hybridized carbons (Fsp3) is 0.476. The molecule has 0 saturated carbocycles. The van der Waals surface area contributed by atoms with Crippen LogP contribution in [0.5, 0.6) is 0 Å². The zero-order valence-electron chi connectivity index (χ0n) is 15.2. The number of hydrogen-bond acceptors (Lipinski definition) is 3. The summed E-state index contributed by atoms with van der Waals surface area (Å²) in [5.74, 6) is 0.717. The van der Waals surface area contributed by atoms with Crippen molar-refractivity contribution < 1.29 is 4.79 Å². The molecule has 25 heavy (non-hydrogen) atoms. The number of hydrogen-bond donors (Lipinski definition) is 1. The topological polar surface area (TPSA) is 32.3 Å². The molecule has 134 valence electrons. The molecular formula is C21H28N2OS. The van der Waals surface area contributed by atoms with Gasteiger partial charge in [-0.15, -0.1) is 11.3 Å². The molecule has 1 aromatic heterocycles. The number of carbonyl (C=O) groups excluding carboxylic acids is 1. The van der Waals surface area contributed by atoms with E-state index in [0.29, 0.717) is 5.92 Å². The maximum atomic E-state index is 12.7. The number of likely N-dealkylation sites (tertiary alicyclic amines) is 1. The summed E-state index contributed by atoms with van der Waals surface area (Å²) < 4.78 is 0. The van der Waals surface area contributed by atoms with Gasteiger partial charge in [0.1, 0.15) is 0 Å². The molecule has 0 spiro atoms. The SMILES string of the molecule is CC(C)(C(=O)NCC1CCN(Cc2cccs2)CC1)c1ccccc1. The van der Waals surface area contributed by atoms with Crippen molar-refractivity contribution in [1.29, 1.82) is 0 Å². The number of piperidine rings is 1. The largest absolute Gasteiger partial charge is 0.355 e. The average molecular weight is 357 g/mol. The minimum atomic E-state index is -0.485. The van der Waals surface area contributed by atoms with Crippen molar-refractivity contribution in [2.24, 2.45) is 5.92 Å². The average Bonchev–Trinajstić information content (AvgIpc) is 3.14. The predicted molar refractivity (Wildman–Crippen MR) is 105 cm³/mol. The molecule has 2 aromatic rings. The van der Waals surface area contributed by atoms with Crippen LogP contribution in [0.4, 0.5) is 0 Å². The van der Waals surface area contributed by atoms with E-state index in [1.165, 1.54) is 4.88 Å². The van der Waals surface area contributed by atoms with Gasteiger partial charge in [-0.2, -0.15) is 0 Å². The molecule has 1 aromatic carbocycles. The molecule has 1 N–H and O–H groups in total. The third-order valence-electron chi connectivity index (χ3n) is 5.28. The normalized spacial score (nSPS) is 16.7. The third kappa shape index (κ3) is 4.71. The molecule has 1 fully saturated rings. The Bertz CT molecular complexity index is 658. The fourth-order valence-corrected chi connectivity index (χ4v) is 4.16. The van der Waals surface area contributed by atoms with Crippen LogP contribution in [-0.2, 0) is 16.8 Å². The van der Waals surface area contributed by atoms with Crippen molar-refractivity contribution in [3.05, 3.63) is 58.3 Å². The molecule has 0 atom stereocenters. The van der Waals surface area contributed by atoms with E-state index in [9.17, 15) is 4.79 Å². The summed E-state index contributed by atoms with van der Waals surface area (Å²) in [7, 11) is 0. The van der Waals surface area contributed by atoms with E-state index < -0.39 is 5.41 Å². The van der Waals surface area contributed by atoms with Gasteiger partial charge in [-0.05, 0) is 62.7 Å². The monoisotopic (exact) mass is 356 g/mol. The lowest BCUT2D eigenvalue weighted by Gasteiger charge is -2.32. The summed E-state index contributed by atoms with van der Waals surface area (Å²) in [6, 6.07) is 14.4. The first-order valence-electron chi connectivity index (χ1n) is 9.14. The molecule has 0 unspecified atom stereocenters. The minimum absolute atomic E-state index is 0.125. The van der Waals surface area contributed by atoms with Crippen molar-refractivity contribution in [1.82, 2.24) is 10.2 Å². The third-order valence-corrected chi connectivity index (χ3v) is 6.14. The number of benzene rings is 1. The Morgan fingerprint density at radius 3 is 2.52 bits per heavy atom. The molecule has 0 radical (unpaired) electrons. The number of thiophene rings is 1. The molecule has 0 aliphatic carbocycles. The van der Waals surface area contributed by atoms with Crippen molar-refractivity contribution >= 4 is 17.2 Å². The smallest absolute Gasteiger partial charge is 0.230 e. The Morgan fingerprint density at radius 1 is 1.16 bits per heavy atom. The first-order chi connectivity index (χ1) is 12.1. The van der Waals surface area contributed by atoms with Gasteiger partial charge in [-0.1, -0.05) is 36.4 Å².